The number of alkyl carbamates (subject to hydrolysis) is 1. The summed E-state index contributed by atoms with van der Waals surface area (Å²) in [6.07, 6.45) is 2.48. The number of carbonyl (C=O) groups is 4. The second-order valence-corrected chi connectivity index (χ2v) is 10.9. The topological polar surface area (TPSA) is 131 Å². The van der Waals surface area contributed by atoms with E-state index in [4.69, 9.17) is 10.5 Å². The van der Waals surface area contributed by atoms with Crippen molar-refractivity contribution in [2.24, 2.45) is 11.7 Å². The van der Waals surface area contributed by atoms with E-state index in [0.717, 1.165) is 31.2 Å². The highest BCUT2D eigenvalue weighted by Gasteiger charge is 2.48. The molecule has 4 atom stereocenters. The van der Waals surface area contributed by atoms with Crippen LogP contribution in [0.2, 0.25) is 0 Å². The van der Waals surface area contributed by atoms with Gasteiger partial charge in [-0.25, -0.2) is 4.79 Å². The van der Waals surface area contributed by atoms with Crippen LogP contribution in [0.3, 0.4) is 0 Å². The van der Waals surface area contributed by atoms with Gasteiger partial charge in [-0.3, -0.25) is 14.4 Å². The molecular weight excluding hydrogens is 472 g/mol. The molecule has 206 valence electrons. The fourth-order valence-electron chi connectivity index (χ4n) is 4.20. The van der Waals surface area contributed by atoms with Crippen molar-refractivity contribution in [3.63, 3.8) is 0 Å². The van der Waals surface area contributed by atoms with E-state index in [2.05, 4.69) is 17.6 Å². The quantitative estimate of drug-likeness (QED) is 0.345. The molecule has 1 aromatic rings. The average molecular weight is 517 g/mol. The number of primary amides is 1. The monoisotopic (exact) mass is 516 g/mol. The molecule has 1 saturated carbocycles. The zero-order valence-electron chi connectivity index (χ0n) is 23.1. The number of unbranched alkanes of at least 4 members (excludes halogenated alkanes) is 1. The molecule has 4 amide bonds. The fraction of sp³-hybridized carbons (Fsp3) is 0.643. The maximum absolute atomic E-state index is 14.1. The molecular formula is C28H44N4O5. The number of aryl methyl sites for hydroxylation is 1. The van der Waals surface area contributed by atoms with Crippen molar-refractivity contribution < 1.29 is 23.9 Å². The molecule has 1 fully saturated rings. The summed E-state index contributed by atoms with van der Waals surface area (Å²) in [6, 6.07) is 5.58. The summed E-state index contributed by atoms with van der Waals surface area (Å²) in [6.45, 7) is 11.8. The molecule has 1 aromatic carbocycles. The zero-order valence-corrected chi connectivity index (χ0v) is 23.1. The van der Waals surface area contributed by atoms with Gasteiger partial charge in [0.15, 0.2) is 0 Å². The van der Waals surface area contributed by atoms with Gasteiger partial charge in [0.05, 0.1) is 0 Å². The first-order chi connectivity index (χ1) is 17.4. The molecule has 0 radical (unpaired) electrons. The van der Waals surface area contributed by atoms with E-state index in [9.17, 15) is 19.2 Å². The predicted octanol–water partition coefficient (Wildman–Crippen LogP) is 3.60. The lowest BCUT2D eigenvalue weighted by Gasteiger charge is -2.35. The van der Waals surface area contributed by atoms with Gasteiger partial charge in [-0.15, -0.1) is 0 Å². The van der Waals surface area contributed by atoms with Crippen molar-refractivity contribution in [3.05, 3.63) is 35.4 Å². The summed E-state index contributed by atoms with van der Waals surface area (Å²) in [5.41, 5.74) is 6.42. The Kier molecular flexibility index (Phi) is 10.9. The number of benzene rings is 1. The fourth-order valence-corrected chi connectivity index (χ4v) is 4.20. The molecule has 37 heavy (non-hydrogen) atoms. The van der Waals surface area contributed by atoms with Crippen molar-refractivity contribution in [2.75, 3.05) is 6.54 Å². The lowest BCUT2D eigenvalue weighted by atomic mass is 9.99. The van der Waals surface area contributed by atoms with Crippen LogP contribution in [-0.4, -0.2) is 52.9 Å². The molecule has 0 heterocycles. The summed E-state index contributed by atoms with van der Waals surface area (Å²) in [5, 5.41) is 5.62. The van der Waals surface area contributed by atoms with Crippen molar-refractivity contribution in [1.29, 1.82) is 0 Å². The predicted molar refractivity (Wildman–Crippen MR) is 142 cm³/mol. The van der Waals surface area contributed by atoms with Crippen molar-refractivity contribution in [2.45, 2.75) is 104 Å². The van der Waals surface area contributed by atoms with Crippen LogP contribution < -0.4 is 16.4 Å². The molecule has 0 saturated heterocycles. The van der Waals surface area contributed by atoms with E-state index < -0.39 is 35.6 Å². The third-order valence-corrected chi connectivity index (χ3v) is 6.41. The highest BCUT2D eigenvalue weighted by Crippen LogP contribution is 2.41. The molecule has 1 aliphatic carbocycles. The number of carbonyl (C=O) groups excluding carboxylic acids is 4. The number of nitrogens with zero attached hydrogens (tertiary/aromatic N) is 1. The Hall–Kier alpha value is -3.10. The second-order valence-electron chi connectivity index (χ2n) is 10.9. The third-order valence-electron chi connectivity index (χ3n) is 6.41. The van der Waals surface area contributed by atoms with Crippen LogP contribution in [-0.2, 0) is 25.5 Å². The summed E-state index contributed by atoms with van der Waals surface area (Å²) >= 11 is 0. The van der Waals surface area contributed by atoms with E-state index >= 15 is 0 Å². The highest BCUT2D eigenvalue weighted by molar-refractivity contribution is 5.93. The Morgan fingerprint density at radius 2 is 1.76 bits per heavy atom. The first-order valence-electron chi connectivity index (χ1n) is 13.3. The van der Waals surface area contributed by atoms with E-state index in [0.29, 0.717) is 12.1 Å². The summed E-state index contributed by atoms with van der Waals surface area (Å²) < 4.78 is 5.37. The first kappa shape index (κ1) is 30.1. The lowest BCUT2D eigenvalue weighted by molar-refractivity contribution is -0.143. The maximum Gasteiger partial charge on any atom is 0.408 e. The van der Waals surface area contributed by atoms with Gasteiger partial charge in [0.2, 0.25) is 17.7 Å². The Morgan fingerprint density at radius 1 is 1.14 bits per heavy atom. The van der Waals surface area contributed by atoms with Crippen molar-refractivity contribution in [1.82, 2.24) is 15.5 Å². The first-order valence-corrected chi connectivity index (χ1v) is 13.3. The van der Waals surface area contributed by atoms with Gasteiger partial charge >= 0.3 is 6.09 Å². The number of amides is 4. The molecule has 0 aromatic heterocycles. The van der Waals surface area contributed by atoms with Crippen LogP contribution in [0.5, 0.6) is 0 Å². The standard InChI is InChI=1S/C28H44N4O5/c1-7-9-16-30-25(34)24(20-12-10-19(8-2)11-13-20)32(22-17-18(22)3)26(35)21(14-15-23(29)33)31-27(36)37-28(4,5)6/h10-13,18,21-22,24H,7-9,14-17H2,1-6H3,(H2,29,33)(H,30,34)(H,31,36). The largest absolute Gasteiger partial charge is 0.444 e. The number of rotatable bonds is 13. The Balaban J connectivity index is 2.46. The minimum Gasteiger partial charge on any atom is -0.444 e. The summed E-state index contributed by atoms with van der Waals surface area (Å²) in [7, 11) is 0. The molecule has 2 rings (SSSR count). The number of hydrogen-bond donors (Lipinski definition) is 3. The third kappa shape index (κ3) is 9.37. The summed E-state index contributed by atoms with van der Waals surface area (Å²) in [4.78, 5) is 53.4. The smallest absolute Gasteiger partial charge is 0.408 e. The molecule has 1 aliphatic rings. The molecule has 4 N–H and O–H groups in total. The molecule has 0 bridgehead atoms. The Bertz CT molecular complexity index is 941. The average Bonchev–Trinajstić information content (AvgIpc) is 3.54. The maximum atomic E-state index is 14.1. The van der Waals surface area contributed by atoms with Crippen LogP contribution in [0, 0.1) is 5.92 Å². The minimum atomic E-state index is -1.07. The number of nitrogens with one attached hydrogen (secondary N) is 2. The molecule has 0 spiro atoms. The van der Waals surface area contributed by atoms with Gasteiger partial charge in [-0.1, -0.05) is 51.5 Å². The molecule has 9 heteroatoms. The zero-order chi connectivity index (χ0) is 27.8. The van der Waals surface area contributed by atoms with Gasteiger partial charge < -0.3 is 26.0 Å². The van der Waals surface area contributed by atoms with Crippen LogP contribution in [0.1, 0.15) is 90.8 Å². The molecule has 0 aliphatic heterocycles. The van der Waals surface area contributed by atoms with Crippen LogP contribution in [0.4, 0.5) is 4.79 Å². The highest BCUT2D eigenvalue weighted by atomic mass is 16.6. The minimum absolute atomic E-state index is 0.00393. The van der Waals surface area contributed by atoms with Crippen LogP contribution in [0.15, 0.2) is 24.3 Å². The van der Waals surface area contributed by atoms with E-state index in [-0.39, 0.29) is 30.7 Å². The number of nitrogens with two attached hydrogens (primary N) is 1. The van der Waals surface area contributed by atoms with Crippen molar-refractivity contribution in [3.8, 4) is 0 Å². The van der Waals surface area contributed by atoms with Crippen molar-refractivity contribution >= 4 is 23.8 Å². The van der Waals surface area contributed by atoms with E-state index in [1.165, 1.54) is 0 Å². The van der Waals surface area contributed by atoms with E-state index in [1.807, 2.05) is 38.1 Å². The number of hydrogen-bond acceptors (Lipinski definition) is 5. The second kappa shape index (κ2) is 13.4. The van der Waals surface area contributed by atoms with Gasteiger partial charge in [0, 0.05) is 19.0 Å². The lowest BCUT2D eigenvalue weighted by Crippen LogP contribution is -2.54. The number of ether oxygens (including phenoxy) is 1. The van der Waals surface area contributed by atoms with Gasteiger partial charge in [0.1, 0.15) is 17.7 Å². The normalized spacial score (nSPS) is 18.3. The van der Waals surface area contributed by atoms with Gasteiger partial charge in [0.25, 0.3) is 0 Å². The Labute approximate surface area is 220 Å². The van der Waals surface area contributed by atoms with Gasteiger partial charge in [-0.2, -0.15) is 0 Å². The molecule has 9 nitrogen and oxygen atoms in total. The Morgan fingerprint density at radius 3 is 2.24 bits per heavy atom. The van der Waals surface area contributed by atoms with E-state index in [1.54, 1.807) is 25.7 Å². The summed E-state index contributed by atoms with van der Waals surface area (Å²) in [5.74, 6) is -1.09. The SMILES string of the molecule is CCCCNC(=O)C(c1ccc(CC)cc1)N(C(=O)C(CCC(N)=O)NC(=O)OC(C)(C)C)C1CC1C. The van der Waals surface area contributed by atoms with Gasteiger partial charge in [-0.05, 0) is 63.5 Å². The van der Waals surface area contributed by atoms with Crippen LogP contribution >= 0.6 is 0 Å². The molecule has 4 unspecified atom stereocenters. The van der Waals surface area contributed by atoms with Crippen LogP contribution in [0.25, 0.3) is 0 Å².